The van der Waals surface area contributed by atoms with Gasteiger partial charge in [0.05, 0.1) is 33.5 Å². The second-order valence-corrected chi connectivity index (χ2v) is 6.15. The van der Waals surface area contributed by atoms with E-state index in [-0.39, 0.29) is 11.1 Å². The quantitative estimate of drug-likeness (QED) is 0.491. The summed E-state index contributed by atoms with van der Waals surface area (Å²) in [4.78, 5) is 11.9. The number of nitrogens with one attached hydrogen (secondary N) is 1. The number of hydrogen-bond acceptors (Lipinski definition) is 4. The number of carbonyl (C=O) groups is 1. The van der Waals surface area contributed by atoms with Crippen molar-refractivity contribution >= 4 is 35.3 Å². The molecule has 0 aliphatic heterocycles. The molecule has 3 rings (SSSR count). The van der Waals surface area contributed by atoms with E-state index in [9.17, 15) is 9.18 Å². The van der Waals surface area contributed by atoms with Crippen molar-refractivity contribution in [3.05, 3.63) is 81.3 Å². The molecule has 1 aromatic heterocycles. The van der Waals surface area contributed by atoms with Gasteiger partial charge in [0.2, 0.25) is 0 Å². The van der Waals surface area contributed by atoms with Crippen LogP contribution < -0.4 is 5.43 Å². The van der Waals surface area contributed by atoms with Gasteiger partial charge in [0.1, 0.15) is 17.3 Å². The van der Waals surface area contributed by atoms with Crippen LogP contribution in [0.5, 0.6) is 0 Å². The van der Waals surface area contributed by atoms with Crippen molar-refractivity contribution in [2.24, 2.45) is 5.10 Å². The van der Waals surface area contributed by atoms with E-state index in [4.69, 9.17) is 32.9 Å². The lowest BCUT2D eigenvalue weighted by Crippen LogP contribution is -2.19. The van der Waals surface area contributed by atoms with Gasteiger partial charge >= 0.3 is 0 Å². The van der Waals surface area contributed by atoms with Crippen LogP contribution in [0.15, 0.2) is 58.0 Å². The summed E-state index contributed by atoms with van der Waals surface area (Å²) in [5, 5.41) is 13.3. The Kier molecular flexibility index (Phi) is 5.55. The molecule has 5 nitrogen and oxygen atoms in total. The molecule has 0 aliphatic carbocycles. The van der Waals surface area contributed by atoms with E-state index in [0.717, 1.165) is 11.6 Å². The summed E-state index contributed by atoms with van der Waals surface area (Å²) in [5.74, 6) is -0.637. The lowest BCUT2D eigenvalue weighted by Gasteiger charge is -2.01. The summed E-state index contributed by atoms with van der Waals surface area (Å²) < 4.78 is 19.4. The van der Waals surface area contributed by atoms with Crippen molar-refractivity contribution in [1.82, 2.24) is 5.43 Å². The minimum atomic E-state index is -0.804. The first kappa shape index (κ1) is 18.6. The minimum Gasteiger partial charge on any atom is -0.455 e. The number of amides is 1. The van der Waals surface area contributed by atoms with Gasteiger partial charge in [0.15, 0.2) is 0 Å². The summed E-state index contributed by atoms with van der Waals surface area (Å²) >= 11 is 11.9. The van der Waals surface area contributed by atoms with E-state index in [1.54, 1.807) is 36.4 Å². The molecule has 0 saturated heterocycles. The minimum absolute atomic E-state index is 0.123. The lowest BCUT2D eigenvalue weighted by atomic mass is 10.1. The highest BCUT2D eigenvalue weighted by atomic mass is 35.5. The first-order chi connectivity index (χ1) is 13.0. The zero-order valence-electron chi connectivity index (χ0n) is 13.5. The number of nitrogens with zero attached hydrogens (tertiary/aromatic N) is 2. The molecule has 0 atom stereocenters. The number of furan rings is 1. The zero-order chi connectivity index (χ0) is 19.4. The first-order valence-electron chi connectivity index (χ1n) is 7.56. The molecular formula is C19H10Cl2FN3O2. The highest BCUT2D eigenvalue weighted by Crippen LogP contribution is 2.29. The van der Waals surface area contributed by atoms with Crippen molar-refractivity contribution < 1.29 is 13.6 Å². The monoisotopic (exact) mass is 401 g/mol. The number of halogens is 3. The zero-order valence-corrected chi connectivity index (χ0v) is 15.1. The summed E-state index contributed by atoms with van der Waals surface area (Å²) in [7, 11) is 0. The number of hydrogen-bond donors (Lipinski definition) is 1. The predicted octanol–water partition coefficient (Wildman–Crippen LogP) is 5.03. The van der Waals surface area contributed by atoms with Gasteiger partial charge in [-0.05, 0) is 48.5 Å². The van der Waals surface area contributed by atoms with Crippen molar-refractivity contribution in [1.29, 1.82) is 5.26 Å². The van der Waals surface area contributed by atoms with Crippen LogP contribution >= 0.6 is 23.2 Å². The van der Waals surface area contributed by atoms with E-state index < -0.39 is 11.7 Å². The fourth-order valence-corrected chi connectivity index (χ4v) is 2.51. The molecule has 0 aliphatic rings. The average molecular weight is 402 g/mol. The van der Waals surface area contributed by atoms with Gasteiger partial charge in [-0.25, -0.2) is 9.82 Å². The Bertz CT molecular complexity index is 1090. The third-order valence-electron chi connectivity index (χ3n) is 3.53. The van der Waals surface area contributed by atoms with Gasteiger partial charge in [0.25, 0.3) is 5.91 Å². The van der Waals surface area contributed by atoms with Crippen molar-refractivity contribution in [3.8, 4) is 17.4 Å². The Balaban J connectivity index is 1.68. The van der Waals surface area contributed by atoms with Crippen LogP contribution in [0.4, 0.5) is 4.39 Å². The molecular weight excluding hydrogens is 392 g/mol. The Hall–Kier alpha value is -3.14. The topological polar surface area (TPSA) is 78.4 Å². The molecule has 0 unspecified atom stereocenters. The Morgan fingerprint density at radius 2 is 1.96 bits per heavy atom. The van der Waals surface area contributed by atoms with Crippen LogP contribution in [-0.4, -0.2) is 12.1 Å². The largest absolute Gasteiger partial charge is 0.455 e. The van der Waals surface area contributed by atoms with Gasteiger partial charge in [-0.2, -0.15) is 10.4 Å². The summed E-state index contributed by atoms with van der Waals surface area (Å²) in [6.45, 7) is 0. The lowest BCUT2D eigenvalue weighted by molar-refractivity contribution is 0.0951. The number of hydrazone groups is 1. The Labute approximate surface area is 163 Å². The maximum atomic E-state index is 13.8. The van der Waals surface area contributed by atoms with Crippen molar-refractivity contribution in [2.45, 2.75) is 0 Å². The molecule has 27 heavy (non-hydrogen) atoms. The molecule has 0 fully saturated rings. The van der Waals surface area contributed by atoms with Gasteiger partial charge in [0, 0.05) is 5.56 Å². The molecule has 2 aromatic carbocycles. The summed E-state index contributed by atoms with van der Waals surface area (Å²) in [6, 6.07) is 13.8. The van der Waals surface area contributed by atoms with E-state index >= 15 is 0 Å². The first-order valence-corrected chi connectivity index (χ1v) is 8.32. The smallest absolute Gasteiger partial charge is 0.274 e. The number of rotatable bonds is 4. The van der Waals surface area contributed by atoms with Crippen LogP contribution in [0.3, 0.4) is 0 Å². The van der Waals surface area contributed by atoms with Crippen molar-refractivity contribution in [3.63, 3.8) is 0 Å². The standard InChI is InChI=1S/C19H10Cl2FN3O2/c20-15-5-2-12(8-16(15)21)18-6-3-13(27-18)10-24-25-19(26)14-4-1-11(9-23)7-17(14)22/h1-8,10H,(H,25,26)/b24-10-. The van der Waals surface area contributed by atoms with E-state index in [0.29, 0.717) is 21.6 Å². The van der Waals surface area contributed by atoms with Crippen LogP contribution in [0.25, 0.3) is 11.3 Å². The second-order valence-electron chi connectivity index (χ2n) is 5.34. The molecule has 8 heteroatoms. The summed E-state index contributed by atoms with van der Waals surface area (Å²) in [5.41, 5.74) is 2.83. The fourth-order valence-electron chi connectivity index (χ4n) is 2.21. The van der Waals surface area contributed by atoms with Gasteiger partial charge in [-0.3, -0.25) is 4.79 Å². The SMILES string of the molecule is N#Cc1ccc(C(=O)N/N=C\c2ccc(-c3ccc(Cl)c(Cl)c3)o2)c(F)c1. The number of carbonyl (C=O) groups excluding carboxylic acids is 1. The van der Waals surface area contributed by atoms with Crippen LogP contribution in [0, 0.1) is 17.1 Å². The molecule has 0 spiro atoms. The Morgan fingerprint density at radius 3 is 2.67 bits per heavy atom. The molecule has 0 bridgehead atoms. The fraction of sp³-hybridized carbons (Fsp3) is 0. The predicted molar refractivity (Wildman–Crippen MR) is 100 cm³/mol. The van der Waals surface area contributed by atoms with Gasteiger partial charge < -0.3 is 4.42 Å². The maximum Gasteiger partial charge on any atom is 0.274 e. The molecule has 0 saturated carbocycles. The summed E-state index contributed by atoms with van der Waals surface area (Å²) in [6.07, 6.45) is 1.28. The van der Waals surface area contributed by atoms with Crippen LogP contribution in [0.1, 0.15) is 21.7 Å². The molecule has 1 amide bonds. The van der Waals surface area contributed by atoms with Gasteiger partial charge in [-0.15, -0.1) is 0 Å². The molecule has 1 N–H and O–H groups in total. The third-order valence-corrected chi connectivity index (χ3v) is 4.27. The Morgan fingerprint density at radius 1 is 1.15 bits per heavy atom. The number of benzene rings is 2. The average Bonchev–Trinajstić information content (AvgIpc) is 3.12. The van der Waals surface area contributed by atoms with Gasteiger partial charge in [-0.1, -0.05) is 23.2 Å². The third kappa shape index (κ3) is 4.34. The highest BCUT2D eigenvalue weighted by molar-refractivity contribution is 6.42. The highest BCUT2D eigenvalue weighted by Gasteiger charge is 2.11. The second kappa shape index (κ2) is 8.04. The molecule has 1 heterocycles. The van der Waals surface area contributed by atoms with E-state index in [1.165, 1.54) is 18.3 Å². The molecule has 0 radical (unpaired) electrons. The maximum absolute atomic E-state index is 13.8. The normalized spacial score (nSPS) is 10.7. The van der Waals surface area contributed by atoms with Crippen molar-refractivity contribution in [2.75, 3.05) is 0 Å². The molecule has 3 aromatic rings. The molecule has 134 valence electrons. The van der Waals surface area contributed by atoms with Crippen LogP contribution in [-0.2, 0) is 0 Å². The van der Waals surface area contributed by atoms with Crippen LogP contribution in [0.2, 0.25) is 10.0 Å². The van der Waals surface area contributed by atoms with E-state index in [2.05, 4.69) is 10.5 Å². The number of nitriles is 1. The van der Waals surface area contributed by atoms with E-state index in [1.807, 2.05) is 0 Å².